The third-order valence-corrected chi connectivity index (χ3v) is 3.79. The molecule has 0 aliphatic heterocycles. The van der Waals surface area contributed by atoms with Gasteiger partial charge in [-0.3, -0.25) is 4.79 Å². The molecule has 5 nitrogen and oxygen atoms in total. The number of benzene rings is 2. The van der Waals surface area contributed by atoms with Gasteiger partial charge in [0, 0.05) is 11.8 Å². The van der Waals surface area contributed by atoms with Crippen molar-refractivity contribution in [3.05, 3.63) is 53.1 Å². The van der Waals surface area contributed by atoms with Gasteiger partial charge in [0.1, 0.15) is 5.75 Å². The summed E-state index contributed by atoms with van der Waals surface area (Å²) in [7, 11) is 3.12. The molecular formula is C20H22ClNO4. The van der Waals surface area contributed by atoms with Crippen molar-refractivity contribution in [1.29, 1.82) is 0 Å². The standard InChI is InChI=1S/C20H22ClNO4/c1-4-11-26-18-8-5-14(12-19(18)25-3)6-10-20(23)22-15-7-9-17(24-2)16(21)13-15/h5-10,12-13H,4,11H2,1-3H3,(H,22,23). The molecule has 0 saturated carbocycles. The van der Waals surface area contributed by atoms with Crippen molar-refractivity contribution in [3.63, 3.8) is 0 Å². The molecule has 2 aromatic rings. The highest BCUT2D eigenvalue weighted by atomic mass is 35.5. The van der Waals surface area contributed by atoms with Gasteiger partial charge in [-0.1, -0.05) is 24.6 Å². The summed E-state index contributed by atoms with van der Waals surface area (Å²) >= 11 is 6.05. The van der Waals surface area contributed by atoms with Gasteiger partial charge in [-0.15, -0.1) is 0 Å². The van der Waals surface area contributed by atoms with Gasteiger partial charge in [-0.05, 0) is 48.4 Å². The molecule has 26 heavy (non-hydrogen) atoms. The summed E-state index contributed by atoms with van der Waals surface area (Å²) in [4.78, 5) is 12.1. The highest BCUT2D eigenvalue weighted by Crippen LogP contribution is 2.29. The number of nitrogens with one attached hydrogen (secondary N) is 1. The fraction of sp³-hybridized carbons (Fsp3) is 0.250. The molecule has 0 aromatic heterocycles. The fourth-order valence-corrected chi connectivity index (χ4v) is 2.48. The maximum absolute atomic E-state index is 12.1. The Labute approximate surface area is 158 Å². The lowest BCUT2D eigenvalue weighted by molar-refractivity contribution is -0.111. The van der Waals surface area contributed by atoms with Crippen LogP contribution in [-0.2, 0) is 4.79 Å². The Kier molecular flexibility index (Phi) is 7.36. The summed E-state index contributed by atoms with van der Waals surface area (Å²) < 4.78 is 16.0. The second-order valence-electron chi connectivity index (χ2n) is 5.43. The number of rotatable bonds is 8. The molecule has 0 heterocycles. The van der Waals surface area contributed by atoms with Crippen LogP contribution in [0.2, 0.25) is 5.02 Å². The van der Waals surface area contributed by atoms with E-state index in [1.54, 1.807) is 31.4 Å². The summed E-state index contributed by atoms with van der Waals surface area (Å²) in [6.45, 7) is 2.66. The average Bonchev–Trinajstić information content (AvgIpc) is 2.65. The zero-order valence-electron chi connectivity index (χ0n) is 15.0. The van der Waals surface area contributed by atoms with Crippen LogP contribution in [0.5, 0.6) is 17.2 Å². The first kappa shape index (κ1) is 19.7. The Morgan fingerprint density at radius 2 is 1.81 bits per heavy atom. The van der Waals surface area contributed by atoms with Crippen LogP contribution in [0.25, 0.3) is 6.08 Å². The maximum atomic E-state index is 12.1. The largest absolute Gasteiger partial charge is 0.495 e. The van der Waals surface area contributed by atoms with Crippen LogP contribution in [0.4, 0.5) is 5.69 Å². The molecule has 138 valence electrons. The highest BCUT2D eigenvalue weighted by molar-refractivity contribution is 6.32. The Morgan fingerprint density at radius 3 is 2.46 bits per heavy atom. The van der Waals surface area contributed by atoms with Gasteiger partial charge in [0.2, 0.25) is 5.91 Å². The van der Waals surface area contributed by atoms with Gasteiger partial charge in [-0.2, -0.15) is 0 Å². The third-order valence-electron chi connectivity index (χ3n) is 3.50. The fourth-order valence-electron chi connectivity index (χ4n) is 2.22. The van der Waals surface area contributed by atoms with Gasteiger partial charge in [-0.25, -0.2) is 0 Å². The molecule has 1 N–H and O–H groups in total. The van der Waals surface area contributed by atoms with Crippen molar-refractivity contribution in [2.24, 2.45) is 0 Å². The first-order valence-corrected chi connectivity index (χ1v) is 8.58. The normalized spacial score (nSPS) is 10.6. The van der Waals surface area contributed by atoms with E-state index in [-0.39, 0.29) is 5.91 Å². The van der Waals surface area contributed by atoms with E-state index in [0.717, 1.165) is 12.0 Å². The molecule has 0 aliphatic carbocycles. The molecule has 6 heteroatoms. The number of halogens is 1. The van der Waals surface area contributed by atoms with Gasteiger partial charge in [0.05, 0.1) is 25.8 Å². The van der Waals surface area contributed by atoms with Gasteiger partial charge >= 0.3 is 0 Å². The van der Waals surface area contributed by atoms with E-state index in [9.17, 15) is 4.79 Å². The minimum atomic E-state index is -0.267. The van der Waals surface area contributed by atoms with Crippen molar-refractivity contribution in [2.75, 3.05) is 26.1 Å². The summed E-state index contributed by atoms with van der Waals surface area (Å²) in [5, 5.41) is 3.18. The van der Waals surface area contributed by atoms with Crippen molar-refractivity contribution >= 4 is 29.3 Å². The smallest absolute Gasteiger partial charge is 0.248 e. The van der Waals surface area contributed by atoms with Crippen LogP contribution in [0.3, 0.4) is 0 Å². The number of amides is 1. The molecular weight excluding hydrogens is 354 g/mol. The number of carbonyl (C=O) groups excluding carboxylic acids is 1. The Bertz CT molecular complexity index is 789. The van der Waals surface area contributed by atoms with Crippen molar-refractivity contribution in [3.8, 4) is 17.2 Å². The molecule has 0 fully saturated rings. The number of ether oxygens (including phenoxy) is 3. The molecule has 0 unspecified atom stereocenters. The van der Waals surface area contributed by atoms with E-state index in [0.29, 0.717) is 34.6 Å². The second kappa shape index (κ2) is 9.73. The molecule has 2 aromatic carbocycles. The predicted molar refractivity (Wildman–Crippen MR) is 104 cm³/mol. The topological polar surface area (TPSA) is 56.8 Å². The summed E-state index contributed by atoms with van der Waals surface area (Å²) in [5.74, 6) is 1.60. The van der Waals surface area contributed by atoms with E-state index in [1.165, 1.54) is 13.2 Å². The molecule has 0 atom stereocenters. The number of hydrogen-bond acceptors (Lipinski definition) is 4. The Balaban J connectivity index is 2.04. The van der Waals surface area contributed by atoms with E-state index in [2.05, 4.69) is 5.32 Å². The highest BCUT2D eigenvalue weighted by Gasteiger charge is 2.06. The molecule has 2 rings (SSSR count). The first-order valence-electron chi connectivity index (χ1n) is 8.20. The van der Waals surface area contributed by atoms with Crippen molar-refractivity contribution in [1.82, 2.24) is 0 Å². The van der Waals surface area contributed by atoms with Gasteiger partial charge in [0.25, 0.3) is 0 Å². The number of hydrogen-bond donors (Lipinski definition) is 1. The van der Waals surface area contributed by atoms with Crippen LogP contribution >= 0.6 is 11.6 Å². The van der Waals surface area contributed by atoms with E-state index < -0.39 is 0 Å². The lowest BCUT2D eigenvalue weighted by Crippen LogP contribution is -2.07. The van der Waals surface area contributed by atoms with Gasteiger partial charge < -0.3 is 19.5 Å². The molecule has 0 spiro atoms. The summed E-state index contributed by atoms with van der Waals surface area (Å²) in [6.07, 6.45) is 4.06. The molecule has 0 bridgehead atoms. The SMILES string of the molecule is CCCOc1ccc(C=CC(=O)Nc2ccc(OC)c(Cl)c2)cc1OC. The molecule has 0 aliphatic rings. The lowest BCUT2D eigenvalue weighted by Gasteiger charge is -2.10. The van der Waals surface area contributed by atoms with Crippen LogP contribution < -0.4 is 19.5 Å². The molecule has 0 saturated heterocycles. The second-order valence-corrected chi connectivity index (χ2v) is 5.84. The van der Waals surface area contributed by atoms with Crippen molar-refractivity contribution in [2.45, 2.75) is 13.3 Å². The van der Waals surface area contributed by atoms with Crippen LogP contribution in [0.15, 0.2) is 42.5 Å². The number of carbonyl (C=O) groups is 1. The minimum absolute atomic E-state index is 0.267. The van der Waals surface area contributed by atoms with E-state index in [1.807, 2.05) is 25.1 Å². The zero-order valence-corrected chi connectivity index (χ0v) is 15.8. The summed E-state index contributed by atoms with van der Waals surface area (Å²) in [6, 6.07) is 10.6. The van der Waals surface area contributed by atoms with Gasteiger partial charge in [0.15, 0.2) is 11.5 Å². The summed E-state index contributed by atoms with van der Waals surface area (Å²) in [5.41, 5.74) is 1.42. The lowest BCUT2D eigenvalue weighted by atomic mass is 10.2. The Morgan fingerprint density at radius 1 is 1.08 bits per heavy atom. The zero-order chi connectivity index (χ0) is 18.9. The predicted octanol–water partition coefficient (Wildman–Crippen LogP) is 4.80. The van der Waals surface area contributed by atoms with Crippen molar-refractivity contribution < 1.29 is 19.0 Å². The van der Waals surface area contributed by atoms with E-state index >= 15 is 0 Å². The monoisotopic (exact) mass is 375 g/mol. The quantitative estimate of drug-likeness (QED) is 0.673. The molecule has 0 radical (unpaired) electrons. The Hall–Kier alpha value is -2.66. The maximum Gasteiger partial charge on any atom is 0.248 e. The van der Waals surface area contributed by atoms with Crippen LogP contribution in [0, 0.1) is 0 Å². The number of anilines is 1. The van der Waals surface area contributed by atoms with Crippen LogP contribution in [-0.4, -0.2) is 26.7 Å². The van der Waals surface area contributed by atoms with E-state index in [4.69, 9.17) is 25.8 Å². The van der Waals surface area contributed by atoms with Crippen LogP contribution in [0.1, 0.15) is 18.9 Å². The first-order chi connectivity index (χ1) is 12.6. The minimum Gasteiger partial charge on any atom is -0.495 e. The number of methoxy groups -OCH3 is 2. The average molecular weight is 376 g/mol. The molecule has 1 amide bonds. The third kappa shape index (κ3) is 5.43.